The van der Waals surface area contributed by atoms with E-state index in [1.165, 1.54) is 0 Å². The fraction of sp³-hybridized carbons (Fsp3) is 0.846. The van der Waals surface area contributed by atoms with Crippen molar-refractivity contribution in [3.8, 4) is 0 Å². The molecule has 4 unspecified atom stereocenters. The number of hydrogen-bond donors (Lipinski definition) is 3. The Hall–Kier alpha value is -0.126. The van der Waals surface area contributed by atoms with Crippen LogP contribution in [-0.2, 0) is 31.9 Å². The van der Waals surface area contributed by atoms with Crippen LogP contribution in [0.4, 0.5) is 0 Å². The van der Waals surface area contributed by atoms with Crippen molar-refractivity contribution in [2.24, 2.45) is 5.92 Å². The molecule has 16 heteroatoms. The zero-order chi connectivity index (χ0) is 39.6. The molecule has 340 valence electrons. The molecule has 0 aromatic heterocycles. The van der Waals surface area contributed by atoms with Gasteiger partial charge in [0.05, 0.1) is 74.0 Å². The molecule has 0 amide bonds. The maximum absolute atomic E-state index is 10.6. The van der Waals surface area contributed by atoms with E-state index < -0.39 is 23.2 Å². The minimum Gasteiger partial charge on any atom is -0.460 e. The first kappa shape index (κ1) is 64.0. The van der Waals surface area contributed by atoms with Gasteiger partial charge in [0, 0.05) is 83.0 Å². The first-order valence-corrected chi connectivity index (χ1v) is 22.8. The summed E-state index contributed by atoms with van der Waals surface area (Å²) >= 11 is 0. The van der Waals surface area contributed by atoms with Gasteiger partial charge in [-0.05, 0) is 24.9 Å². The lowest BCUT2D eigenvalue weighted by Gasteiger charge is -2.43. The van der Waals surface area contributed by atoms with Crippen molar-refractivity contribution in [1.29, 1.82) is 0 Å². The average molecular weight is 835 g/mol. The molecule has 55 heavy (non-hydrogen) atoms. The zero-order valence-corrected chi connectivity index (χ0v) is 41.4. The molecule has 3 N–H and O–H groups in total. The van der Waals surface area contributed by atoms with Gasteiger partial charge >= 0.3 is 17.1 Å². The fourth-order valence-corrected chi connectivity index (χ4v) is 9.74. The van der Waals surface area contributed by atoms with Gasteiger partial charge in [-0.2, -0.15) is 0 Å². The third-order valence-electron chi connectivity index (χ3n) is 8.96. The molecule has 0 aromatic rings. The van der Waals surface area contributed by atoms with Gasteiger partial charge in [0.25, 0.3) is 0 Å². The molecule has 0 rings (SSSR count). The lowest BCUT2D eigenvalue weighted by Crippen LogP contribution is -2.51. The number of nitrogens with zero attached hydrogens (tertiary/aromatic N) is 4. The summed E-state index contributed by atoms with van der Waals surface area (Å²) in [6.45, 7) is 11.1. The van der Waals surface area contributed by atoms with Crippen molar-refractivity contribution in [1.82, 2.24) is 0 Å². The number of ether oxygens (including phenoxy) is 3. The number of hydrogen-bond acceptors (Lipinski definition) is 10. The molecule has 14 nitrogen and oxygen atoms in total. The highest BCUT2D eigenvalue weighted by Crippen LogP contribution is 2.20. The van der Waals surface area contributed by atoms with Crippen LogP contribution in [-0.4, -0.2) is 233 Å². The SMILES string of the molecule is CO[Si](CO)(CCC[N+](C)(C)[CH-]C(C)COCC(C[N+](C)(C)CCC[Si](CO)(OC)OC)OC([CH-][N+](C)(C)C)COCC(O)C[N+](C)(C)C)OC.[CH3-].[CH3-].[CH3-].[CH3-]. The maximum Gasteiger partial charge on any atom is 0.364 e. The number of aliphatic hydroxyl groups excluding tert-OH is 3. The first-order valence-electron chi connectivity index (χ1n) is 18.3. The molecule has 0 bridgehead atoms. The third kappa shape index (κ3) is 29.7. The summed E-state index contributed by atoms with van der Waals surface area (Å²) in [7, 11) is 22.5. The standard InChI is InChI=1S/C35H82N4O10Si2.4CH3/c1-32(22-38(8,9)18-16-20-50(30-40,43-12)44-13)26-47-29-35(25-39(10,11)19-17-21-51(31-41,45-14)46-15)49-34(24-37(5,6)7)28-48-27-33(42)23-36(2,3)4;;;;/h22,24,32-35,40-42H,16-21,23,25-31H2,1-15H3;4*1H3/q+2;4*-1. The second-order valence-electron chi connectivity index (χ2n) is 17.4. The van der Waals surface area contributed by atoms with Gasteiger partial charge in [-0.3, -0.25) is 0 Å². The van der Waals surface area contributed by atoms with Crippen LogP contribution in [0.1, 0.15) is 19.8 Å². The Balaban J connectivity index is -0.00000208. The summed E-state index contributed by atoms with van der Waals surface area (Å²) in [4.78, 5) is 0. The van der Waals surface area contributed by atoms with Crippen molar-refractivity contribution in [2.45, 2.75) is 50.2 Å². The van der Waals surface area contributed by atoms with Gasteiger partial charge in [0.1, 0.15) is 25.3 Å². The van der Waals surface area contributed by atoms with Gasteiger partial charge in [0.15, 0.2) is 0 Å². The molecule has 0 saturated heterocycles. The molecule has 0 heterocycles. The minimum absolute atomic E-state index is 0. The van der Waals surface area contributed by atoms with E-state index in [0.717, 1.165) is 32.0 Å². The smallest absolute Gasteiger partial charge is 0.364 e. The zero-order valence-electron chi connectivity index (χ0n) is 39.4. The van der Waals surface area contributed by atoms with Crippen LogP contribution in [0.5, 0.6) is 0 Å². The van der Waals surface area contributed by atoms with Crippen LogP contribution in [0.15, 0.2) is 0 Å². The molecule has 0 aliphatic carbocycles. The highest BCUT2D eigenvalue weighted by atomic mass is 28.4. The summed E-state index contributed by atoms with van der Waals surface area (Å²) in [6.07, 6.45) is 0.471. The monoisotopic (exact) mass is 835 g/mol. The van der Waals surface area contributed by atoms with Gasteiger partial charge < -0.3 is 94.9 Å². The number of aliphatic hydroxyl groups is 3. The Labute approximate surface area is 344 Å². The van der Waals surface area contributed by atoms with Gasteiger partial charge in [-0.25, -0.2) is 0 Å². The van der Waals surface area contributed by atoms with E-state index >= 15 is 0 Å². The Morgan fingerprint density at radius 2 is 1.05 bits per heavy atom. The van der Waals surface area contributed by atoms with Crippen LogP contribution in [0.2, 0.25) is 12.1 Å². The summed E-state index contributed by atoms with van der Waals surface area (Å²) in [5.74, 6) is 0.187. The normalized spacial score (nSPS) is 15.2. The second-order valence-corrected chi connectivity index (χ2v) is 24.3. The van der Waals surface area contributed by atoms with E-state index in [4.69, 9.17) is 31.9 Å². The van der Waals surface area contributed by atoms with Crippen LogP contribution in [0, 0.1) is 48.7 Å². The Bertz CT molecular complexity index is 886. The van der Waals surface area contributed by atoms with E-state index in [-0.39, 0.29) is 66.9 Å². The second kappa shape index (κ2) is 30.0. The van der Waals surface area contributed by atoms with E-state index in [2.05, 4.69) is 69.3 Å². The van der Waals surface area contributed by atoms with Crippen LogP contribution in [0.25, 0.3) is 0 Å². The quantitative estimate of drug-likeness (QED) is 0.0530. The molecule has 0 saturated carbocycles. The molecule has 0 radical (unpaired) electrons. The maximum atomic E-state index is 10.6. The van der Waals surface area contributed by atoms with Crippen LogP contribution in [0.3, 0.4) is 0 Å². The summed E-state index contributed by atoms with van der Waals surface area (Å²) < 4.78 is 44.2. The molecule has 0 aromatic carbocycles. The van der Waals surface area contributed by atoms with Crippen molar-refractivity contribution in [3.63, 3.8) is 0 Å². The first-order chi connectivity index (χ1) is 23.4. The van der Waals surface area contributed by atoms with Crippen molar-refractivity contribution in [2.75, 3.05) is 164 Å². The highest BCUT2D eigenvalue weighted by Gasteiger charge is 2.36. The van der Waals surface area contributed by atoms with Gasteiger partial charge in [-0.15, -0.1) is 13.1 Å². The van der Waals surface area contributed by atoms with E-state index in [9.17, 15) is 15.3 Å². The van der Waals surface area contributed by atoms with Crippen molar-refractivity contribution in [3.05, 3.63) is 42.8 Å². The van der Waals surface area contributed by atoms with Crippen molar-refractivity contribution < 1.29 is 65.2 Å². The average Bonchev–Trinajstić information content (AvgIpc) is 2.99. The van der Waals surface area contributed by atoms with Gasteiger partial charge in [0.2, 0.25) is 0 Å². The predicted molar refractivity (Wildman–Crippen MR) is 232 cm³/mol. The van der Waals surface area contributed by atoms with E-state index in [0.29, 0.717) is 56.9 Å². The highest BCUT2D eigenvalue weighted by molar-refractivity contribution is 6.67. The summed E-state index contributed by atoms with van der Waals surface area (Å²) in [6, 6.07) is 1.43. The molecule has 4 atom stereocenters. The summed E-state index contributed by atoms with van der Waals surface area (Å²) in [5, 5.41) is 30.3. The molecule has 0 aliphatic rings. The molecule has 0 spiro atoms. The molecule has 0 fully saturated rings. The largest absolute Gasteiger partial charge is 0.460 e. The fourth-order valence-electron chi connectivity index (χ4n) is 6.36. The minimum atomic E-state index is -2.61. The third-order valence-corrected chi connectivity index (χ3v) is 15.1. The Kier molecular flexibility index (Phi) is 34.9. The lowest BCUT2D eigenvalue weighted by atomic mass is 10.1. The Morgan fingerprint density at radius 1 is 0.600 bits per heavy atom. The predicted octanol–water partition coefficient (Wildman–Crippen LogP) is 2.77. The number of likely N-dealkylation sites (N-methyl/N-ethyl adjacent to an activating group) is 3. The van der Waals surface area contributed by atoms with Crippen molar-refractivity contribution >= 4 is 17.1 Å². The van der Waals surface area contributed by atoms with Crippen LogP contribution < -0.4 is 0 Å². The van der Waals surface area contributed by atoms with E-state index in [1.807, 2.05) is 21.1 Å². The summed E-state index contributed by atoms with van der Waals surface area (Å²) in [5.41, 5.74) is 0. The van der Waals surface area contributed by atoms with Gasteiger partial charge in [-0.1, -0.05) is 12.8 Å². The lowest BCUT2D eigenvalue weighted by molar-refractivity contribution is -0.894. The molecule has 0 aliphatic heterocycles. The topological polar surface area (TPSA) is 125 Å². The number of rotatable bonds is 32. The molecular formula is C39H94N4O10Si2-2. The van der Waals surface area contributed by atoms with E-state index in [1.54, 1.807) is 28.4 Å². The Morgan fingerprint density at radius 3 is 1.47 bits per heavy atom. The number of quaternary nitrogens is 4. The molecular weight excluding hydrogens is 741 g/mol. The van der Waals surface area contributed by atoms with Crippen LogP contribution >= 0.6 is 0 Å².